The zero-order valence-corrected chi connectivity index (χ0v) is 11.8. The first-order chi connectivity index (χ1) is 10.9. The van der Waals surface area contributed by atoms with Crippen molar-refractivity contribution in [3.8, 4) is 5.75 Å². The summed E-state index contributed by atoms with van der Waals surface area (Å²) in [5, 5.41) is 0. The van der Waals surface area contributed by atoms with Crippen LogP contribution in [0.1, 0.15) is 0 Å². The van der Waals surface area contributed by atoms with Crippen LogP contribution in [0.3, 0.4) is 0 Å². The molecule has 0 amide bonds. The van der Waals surface area contributed by atoms with Crippen molar-refractivity contribution in [2.24, 2.45) is 0 Å². The lowest BCUT2D eigenvalue weighted by molar-refractivity contribution is 0.443. The van der Waals surface area contributed by atoms with E-state index in [1.54, 1.807) is 6.07 Å². The number of rotatable bonds is 5. The van der Waals surface area contributed by atoms with E-state index in [4.69, 9.17) is 4.74 Å². The van der Waals surface area contributed by atoms with Crippen LogP contribution in [0.2, 0.25) is 0 Å². The number of nitrogens with zero attached hydrogens (tertiary/aromatic N) is 1. The van der Waals surface area contributed by atoms with Gasteiger partial charge in [-0.25, -0.2) is 4.79 Å². The van der Waals surface area contributed by atoms with Crippen molar-refractivity contribution < 1.29 is 9.53 Å². The van der Waals surface area contributed by atoms with E-state index in [9.17, 15) is 4.79 Å². The fourth-order valence-electron chi connectivity index (χ4n) is 2.35. The van der Waals surface area contributed by atoms with Crippen LogP contribution in [0.15, 0.2) is 84.9 Å². The molecule has 0 heterocycles. The van der Waals surface area contributed by atoms with Crippen LogP contribution in [0.5, 0.6) is 5.75 Å². The van der Waals surface area contributed by atoms with Gasteiger partial charge in [-0.3, -0.25) is 0 Å². The summed E-state index contributed by atoms with van der Waals surface area (Å²) in [6, 6.07) is 27.2. The summed E-state index contributed by atoms with van der Waals surface area (Å²) in [6.45, 7) is 1.51. The predicted molar refractivity (Wildman–Crippen MR) is 87.4 cm³/mol. The number of benzene rings is 3. The van der Waals surface area contributed by atoms with Gasteiger partial charge in [0.1, 0.15) is 0 Å². The molecule has 0 bridgehead atoms. The SMILES string of the molecule is O=[C]Oc1ccccc1N(c1ccccc1)c1ccccc1. The molecule has 0 aliphatic heterocycles. The molecule has 0 aliphatic carbocycles. The predicted octanol–water partition coefficient (Wildman–Crippen LogP) is 4.60. The summed E-state index contributed by atoms with van der Waals surface area (Å²) in [7, 11) is 0. The van der Waals surface area contributed by atoms with Crippen LogP contribution in [-0.2, 0) is 4.79 Å². The van der Waals surface area contributed by atoms with Gasteiger partial charge in [-0.05, 0) is 36.4 Å². The first-order valence-electron chi connectivity index (χ1n) is 6.93. The van der Waals surface area contributed by atoms with Crippen molar-refractivity contribution >= 4 is 23.5 Å². The molecule has 107 valence electrons. The minimum atomic E-state index is 0.463. The van der Waals surface area contributed by atoms with E-state index in [1.165, 1.54) is 6.47 Å². The standard InChI is InChI=1S/C19H14NO2/c21-15-22-19-14-8-7-13-18(19)20(16-9-3-1-4-10-16)17-11-5-2-6-12-17/h1-14H. The third-order valence-electron chi connectivity index (χ3n) is 3.29. The highest BCUT2D eigenvalue weighted by molar-refractivity contribution is 5.80. The molecule has 3 rings (SSSR count). The Bertz CT molecular complexity index is 702. The average molecular weight is 288 g/mol. The monoisotopic (exact) mass is 288 g/mol. The van der Waals surface area contributed by atoms with Gasteiger partial charge in [0.25, 0.3) is 0 Å². The van der Waals surface area contributed by atoms with Crippen molar-refractivity contribution in [2.45, 2.75) is 0 Å². The highest BCUT2D eigenvalue weighted by atomic mass is 16.5. The molecular formula is C19H14NO2. The molecule has 0 fully saturated rings. The molecular weight excluding hydrogens is 274 g/mol. The number of hydrogen-bond acceptors (Lipinski definition) is 3. The Kier molecular flexibility index (Phi) is 4.16. The normalized spacial score (nSPS) is 10.0. The van der Waals surface area contributed by atoms with Crippen LogP contribution in [0.4, 0.5) is 17.1 Å². The average Bonchev–Trinajstić information content (AvgIpc) is 2.59. The fraction of sp³-hybridized carbons (Fsp3) is 0. The quantitative estimate of drug-likeness (QED) is 0.687. The number of anilines is 3. The minimum Gasteiger partial charge on any atom is -0.416 e. The van der Waals surface area contributed by atoms with E-state index in [0.717, 1.165) is 17.1 Å². The topological polar surface area (TPSA) is 29.5 Å². The van der Waals surface area contributed by atoms with Gasteiger partial charge in [0.2, 0.25) is 0 Å². The van der Waals surface area contributed by atoms with Gasteiger partial charge < -0.3 is 9.64 Å². The van der Waals surface area contributed by atoms with Gasteiger partial charge >= 0.3 is 6.47 Å². The highest BCUT2D eigenvalue weighted by Gasteiger charge is 2.16. The van der Waals surface area contributed by atoms with Gasteiger partial charge in [0.05, 0.1) is 5.69 Å². The largest absolute Gasteiger partial charge is 0.423 e. The molecule has 3 heteroatoms. The maximum Gasteiger partial charge on any atom is 0.423 e. The summed E-state index contributed by atoms with van der Waals surface area (Å²) in [5.74, 6) is 0.463. The van der Waals surface area contributed by atoms with E-state index >= 15 is 0 Å². The smallest absolute Gasteiger partial charge is 0.416 e. The van der Waals surface area contributed by atoms with E-state index in [2.05, 4.69) is 0 Å². The summed E-state index contributed by atoms with van der Waals surface area (Å²) >= 11 is 0. The molecule has 0 unspecified atom stereocenters. The minimum absolute atomic E-state index is 0.463. The molecule has 0 N–H and O–H groups in total. The third-order valence-corrected chi connectivity index (χ3v) is 3.29. The van der Waals surface area contributed by atoms with Crippen molar-refractivity contribution in [2.75, 3.05) is 4.90 Å². The summed E-state index contributed by atoms with van der Waals surface area (Å²) in [5.41, 5.74) is 2.74. The van der Waals surface area contributed by atoms with Gasteiger partial charge in [0.15, 0.2) is 5.75 Å². The van der Waals surface area contributed by atoms with Crippen LogP contribution >= 0.6 is 0 Å². The molecule has 0 atom stereocenters. The lowest BCUT2D eigenvalue weighted by Crippen LogP contribution is -2.11. The van der Waals surface area contributed by atoms with Crippen molar-refractivity contribution in [1.82, 2.24) is 0 Å². The van der Waals surface area contributed by atoms with Crippen LogP contribution in [0, 0.1) is 0 Å². The van der Waals surface area contributed by atoms with Crippen molar-refractivity contribution in [3.05, 3.63) is 84.9 Å². The molecule has 3 aromatic carbocycles. The highest BCUT2D eigenvalue weighted by Crippen LogP contribution is 2.39. The summed E-state index contributed by atoms with van der Waals surface area (Å²) in [4.78, 5) is 12.7. The molecule has 3 aromatic rings. The second-order valence-electron chi connectivity index (χ2n) is 4.66. The zero-order valence-electron chi connectivity index (χ0n) is 11.8. The molecule has 0 aliphatic rings. The van der Waals surface area contributed by atoms with Gasteiger partial charge in [0, 0.05) is 11.4 Å². The van der Waals surface area contributed by atoms with Gasteiger partial charge in [-0.1, -0.05) is 48.5 Å². The molecule has 0 spiro atoms. The summed E-state index contributed by atoms with van der Waals surface area (Å²) in [6.07, 6.45) is 0. The maximum atomic E-state index is 10.7. The van der Waals surface area contributed by atoms with E-state index in [0.29, 0.717) is 5.75 Å². The van der Waals surface area contributed by atoms with Crippen LogP contribution in [0.25, 0.3) is 0 Å². The second-order valence-corrected chi connectivity index (χ2v) is 4.66. The Balaban J connectivity index is 2.17. The Morgan fingerprint density at radius 1 is 0.682 bits per heavy atom. The van der Waals surface area contributed by atoms with Gasteiger partial charge in [-0.15, -0.1) is 0 Å². The molecule has 0 saturated carbocycles. The first kappa shape index (κ1) is 13.9. The van der Waals surface area contributed by atoms with E-state index in [-0.39, 0.29) is 0 Å². The third kappa shape index (κ3) is 2.83. The summed E-state index contributed by atoms with van der Waals surface area (Å²) < 4.78 is 5.01. The zero-order chi connectivity index (χ0) is 15.2. The Labute approximate surface area is 129 Å². The number of hydrogen-bond donors (Lipinski definition) is 0. The van der Waals surface area contributed by atoms with Gasteiger partial charge in [-0.2, -0.15) is 0 Å². The molecule has 1 radical (unpaired) electrons. The lowest BCUT2D eigenvalue weighted by Gasteiger charge is -2.26. The van der Waals surface area contributed by atoms with E-state index in [1.807, 2.05) is 83.8 Å². The molecule has 0 aromatic heterocycles. The Hall–Kier alpha value is -3.07. The first-order valence-corrected chi connectivity index (χ1v) is 6.93. The number of carbonyl (C=O) groups excluding carboxylic acids is 1. The second kappa shape index (κ2) is 6.59. The van der Waals surface area contributed by atoms with Crippen molar-refractivity contribution in [3.63, 3.8) is 0 Å². The van der Waals surface area contributed by atoms with E-state index < -0.39 is 0 Å². The van der Waals surface area contributed by atoms with Crippen molar-refractivity contribution in [1.29, 1.82) is 0 Å². The Morgan fingerprint density at radius 3 is 1.73 bits per heavy atom. The lowest BCUT2D eigenvalue weighted by atomic mass is 10.2. The Morgan fingerprint density at radius 2 is 1.18 bits per heavy atom. The van der Waals surface area contributed by atoms with Crippen LogP contribution < -0.4 is 9.64 Å². The maximum absolute atomic E-state index is 10.7. The number of ether oxygens (including phenoxy) is 1. The molecule has 22 heavy (non-hydrogen) atoms. The number of para-hydroxylation sites is 4. The van der Waals surface area contributed by atoms with Crippen LogP contribution in [-0.4, -0.2) is 6.47 Å². The molecule has 0 saturated heterocycles. The fourth-order valence-corrected chi connectivity index (χ4v) is 2.35. The molecule has 3 nitrogen and oxygen atoms in total.